The molecule has 0 heterocycles. The number of nitrogens with one attached hydrogen (secondary N) is 1. The number of hydrogen-bond donors (Lipinski definition) is 1. The van der Waals surface area contributed by atoms with Crippen molar-refractivity contribution in [1.82, 2.24) is 4.31 Å². The first kappa shape index (κ1) is 26.0. The number of carbonyl (C=O) groups is 1. The van der Waals surface area contributed by atoms with Crippen molar-refractivity contribution < 1.29 is 26.4 Å². The van der Waals surface area contributed by atoms with Crippen LogP contribution in [0.1, 0.15) is 25.8 Å². The van der Waals surface area contributed by atoms with Gasteiger partial charge in [0.25, 0.3) is 0 Å². The van der Waals surface area contributed by atoms with E-state index < -0.39 is 44.1 Å². The van der Waals surface area contributed by atoms with Gasteiger partial charge in [0.05, 0.1) is 22.0 Å². The number of nitrogens with zero attached hydrogens (tertiary/aromatic N) is 1. The SMILES string of the molecule is CC(C)CCN(CC(=O)Nc1cccc2ccccc12)S(=O)(=O)c1ccc(Cl)c(C(F)(F)F)c1. The van der Waals surface area contributed by atoms with Gasteiger partial charge in [0, 0.05) is 17.6 Å². The van der Waals surface area contributed by atoms with E-state index in [1.807, 2.05) is 44.2 Å². The van der Waals surface area contributed by atoms with Crippen LogP contribution in [-0.2, 0) is 21.0 Å². The Kier molecular flexibility index (Phi) is 7.90. The van der Waals surface area contributed by atoms with Gasteiger partial charge in [0.2, 0.25) is 15.9 Å². The van der Waals surface area contributed by atoms with Crippen molar-refractivity contribution in [2.75, 3.05) is 18.4 Å². The lowest BCUT2D eigenvalue weighted by molar-refractivity contribution is -0.137. The van der Waals surface area contributed by atoms with E-state index in [2.05, 4.69) is 5.32 Å². The number of amides is 1. The first-order chi connectivity index (χ1) is 15.9. The molecule has 1 amide bonds. The topological polar surface area (TPSA) is 66.5 Å². The van der Waals surface area contributed by atoms with Gasteiger partial charge in [-0.15, -0.1) is 0 Å². The van der Waals surface area contributed by atoms with E-state index in [-0.39, 0.29) is 12.5 Å². The highest BCUT2D eigenvalue weighted by Crippen LogP contribution is 2.36. The smallest absolute Gasteiger partial charge is 0.324 e. The average Bonchev–Trinajstić information content (AvgIpc) is 2.76. The molecule has 0 aliphatic carbocycles. The Morgan fingerprint density at radius 2 is 1.74 bits per heavy atom. The van der Waals surface area contributed by atoms with Crippen LogP contribution in [0.4, 0.5) is 18.9 Å². The normalized spacial score (nSPS) is 12.5. The second kappa shape index (κ2) is 10.3. The highest BCUT2D eigenvalue weighted by molar-refractivity contribution is 7.89. The van der Waals surface area contributed by atoms with Gasteiger partial charge in [0.1, 0.15) is 0 Å². The van der Waals surface area contributed by atoms with Gasteiger partial charge in [-0.2, -0.15) is 17.5 Å². The van der Waals surface area contributed by atoms with Crippen LogP contribution < -0.4 is 5.32 Å². The number of alkyl halides is 3. The van der Waals surface area contributed by atoms with E-state index in [0.29, 0.717) is 18.2 Å². The van der Waals surface area contributed by atoms with Crippen LogP contribution in [0.5, 0.6) is 0 Å². The molecular formula is C24H24ClF3N2O3S. The van der Waals surface area contributed by atoms with E-state index in [1.54, 1.807) is 12.1 Å². The van der Waals surface area contributed by atoms with Gasteiger partial charge >= 0.3 is 6.18 Å². The third-order valence-electron chi connectivity index (χ3n) is 5.22. The van der Waals surface area contributed by atoms with Crippen LogP contribution in [0, 0.1) is 5.92 Å². The Balaban J connectivity index is 1.91. The Labute approximate surface area is 201 Å². The number of sulfonamides is 1. The molecule has 1 N–H and O–H groups in total. The Morgan fingerprint density at radius 3 is 2.41 bits per heavy atom. The summed E-state index contributed by atoms with van der Waals surface area (Å²) in [5, 5.41) is 3.80. The molecule has 0 saturated heterocycles. The Bertz CT molecular complexity index is 1290. The van der Waals surface area contributed by atoms with E-state index in [9.17, 15) is 26.4 Å². The lowest BCUT2D eigenvalue weighted by Crippen LogP contribution is -2.39. The Morgan fingerprint density at radius 1 is 1.06 bits per heavy atom. The van der Waals surface area contributed by atoms with Gasteiger partial charge < -0.3 is 5.32 Å². The minimum Gasteiger partial charge on any atom is -0.324 e. The molecule has 3 aromatic carbocycles. The first-order valence-corrected chi connectivity index (χ1v) is 12.4. The minimum atomic E-state index is -4.82. The summed E-state index contributed by atoms with van der Waals surface area (Å²) in [7, 11) is -4.41. The zero-order valence-electron chi connectivity index (χ0n) is 18.6. The number of rotatable bonds is 8. The summed E-state index contributed by atoms with van der Waals surface area (Å²) in [6.45, 7) is 3.17. The van der Waals surface area contributed by atoms with Crippen molar-refractivity contribution >= 4 is 44.0 Å². The van der Waals surface area contributed by atoms with Gasteiger partial charge in [-0.05, 0) is 42.0 Å². The summed E-state index contributed by atoms with van der Waals surface area (Å²) in [5.41, 5.74) is -0.741. The highest BCUT2D eigenvalue weighted by Gasteiger charge is 2.36. The van der Waals surface area contributed by atoms with Gasteiger partial charge in [-0.1, -0.05) is 61.8 Å². The van der Waals surface area contributed by atoms with Crippen molar-refractivity contribution in [2.24, 2.45) is 5.92 Å². The lowest BCUT2D eigenvalue weighted by atomic mass is 10.1. The average molecular weight is 513 g/mol. The van der Waals surface area contributed by atoms with Crippen LogP contribution in [0.3, 0.4) is 0 Å². The van der Waals surface area contributed by atoms with Crippen molar-refractivity contribution in [1.29, 1.82) is 0 Å². The molecule has 0 radical (unpaired) electrons. The zero-order valence-corrected chi connectivity index (χ0v) is 20.1. The summed E-state index contributed by atoms with van der Waals surface area (Å²) in [4.78, 5) is 12.3. The summed E-state index contributed by atoms with van der Waals surface area (Å²) in [5.74, 6) is -0.497. The maximum Gasteiger partial charge on any atom is 0.417 e. The number of hydrogen-bond acceptors (Lipinski definition) is 3. The predicted octanol–water partition coefficient (Wildman–Crippen LogP) is 6.19. The summed E-state index contributed by atoms with van der Waals surface area (Å²) < 4.78 is 67.3. The largest absolute Gasteiger partial charge is 0.417 e. The molecule has 0 atom stereocenters. The molecule has 182 valence electrons. The summed E-state index contributed by atoms with van der Waals surface area (Å²) >= 11 is 5.64. The molecular weight excluding hydrogens is 489 g/mol. The van der Waals surface area contributed by atoms with E-state index in [4.69, 9.17) is 11.6 Å². The lowest BCUT2D eigenvalue weighted by Gasteiger charge is -2.23. The minimum absolute atomic E-state index is 0.0348. The molecule has 10 heteroatoms. The van der Waals surface area contributed by atoms with Crippen LogP contribution in [0.2, 0.25) is 5.02 Å². The molecule has 0 aliphatic heterocycles. The number of anilines is 1. The van der Waals surface area contributed by atoms with E-state index in [1.165, 1.54) is 0 Å². The quantitative estimate of drug-likeness (QED) is 0.391. The maximum atomic E-state index is 13.3. The Hall–Kier alpha value is -2.62. The molecule has 0 unspecified atom stereocenters. The second-order valence-electron chi connectivity index (χ2n) is 8.24. The second-order valence-corrected chi connectivity index (χ2v) is 10.6. The van der Waals surface area contributed by atoms with Crippen LogP contribution in [0.25, 0.3) is 10.8 Å². The van der Waals surface area contributed by atoms with Gasteiger partial charge in [0.15, 0.2) is 0 Å². The van der Waals surface area contributed by atoms with Crippen molar-refractivity contribution in [3.63, 3.8) is 0 Å². The van der Waals surface area contributed by atoms with Gasteiger partial charge in [-0.3, -0.25) is 4.79 Å². The number of halogens is 4. The van der Waals surface area contributed by atoms with Crippen LogP contribution in [0.15, 0.2) is 65.6 Å². The van der Waals surface area contributed by atoms with E-state index in [0.717, 1.165) is 27.2 Å². The monoisotopic (exact) mass is 512 g/mol. The molecule has 0 bridgehead atoms. The fraction of sp³-hybridized carbons (Fsp3) is 0.292. The molecule has 0 saturated carbocycles. The molecule has 0 spiro atoms. The number of fused-ring (bicyclic) bond motifs is 1. The highest BCUT2D eigenvalue weighted by atomic mass is 35.5. The summed E-state index contributed by atoms with van der Waals surface area (Å²) in [6.07, 6.45) is -4.41. The fourth-order valence-corrected chi connectivity index (χ4v) is 5.06. The first-order valence-electron chi connectivity index (χ1n) is 10.5. The fourth-order valence-electron chi connectivity index (χ4n) is 3.40. The molecule has 0 aliphatic rings. The van der Waals surface area contributed by atoms with Crippen LogP contribution >= 0.6 is 11.6 Å². The molecule has 0 aromatic heterocycles. The van der Waals surface area contributed by atoms with E-state index >= 15 is 0 Å². The predicted molar refractivity (Wildman–Crippen MR) is 127 cm³/mol. The molecule has 0 fully saturated rings. The third kappa shape index (κ3) is 6.08. The van der Waals surface area contributed by atoms with Crippen molar-refractivity contribution in [2.45, 2.75) is 31.3 Å². The standard InChI is InChI=1S/C24H24ClF3N2O3S/c1-16(2)12-13-30(34(32,33)18-10-11-21(25)20(14-18)24(26,27)28)15-23(31)29-22-9-5-7-17-6-3-4-8-19(17)22/h3-11,14,16H,12-13,15H2,1-2H3,(H,29,31). The molecule has 3 aromatic rings. The van der Waals surface area contributed by atoms with Gasteiger partial charge in [-0.25, -0.2) is 8.42 Å². The molecule has 3 rings (SSSR count). The molecule has 5 nitrogen and oxygen atoms in total. The zero-order chi connectivity index (χ0) is 25.1. The number of carbonyl (C=O) groups excluding carboxylic acids is 1. The van der Waals surface area contributed by atoms with Crippen LogP contribution in [-0.4, -0.2) is 31.7 Å². The maximum absolute atomic E-state index is 13.3. The number of benzene rings is 3. The molecule has 34 heavy (non-hydrogen) atoms. The van der Waals surface area contributed by atoms with Crippen molar-refractivity contribution in [3.8, 4) is 0 Å². The summed E-state index contributed by atoms with van der Waals surface area (Å²) in [6, 6.07) is 15.1. The van der Waals surface area contributed by atoms with Crippen molar-refractivity contribution in [3.05, 3.63) is 71.2 Å². The third-order valence-corrected chi connectivity index (χ3v) is 7.39.